The van der Waals surface area contributed by atoms with Crippen molar-refractivity contribution in [2.45, 2.75) is 32.9 Å². The summed E-state index contributed by atoms with van der Waals surface area (Å²) in [6.07, 6.45) is -3.47. The standard InChI is InChI=1S/C14H21F3N6O2/c1-3-22(4-2)13(25)23-7-5-6-9(8-23)10(24)18-12-19-11(20-21-12)14(15,16)17/h9H,3-8H2,1-2H3,(H2,18,19,20,21,24)/t9-/m1/s1. The predicted octanol–water partition coefficient (Wildman–Crippen LogP) is 1.94. The molecule has 0 aliphatic carbocycles. The molecule has 140 valence electrons. The molecule has 3 amide bonds. The van der Waals surface area contributed by atoms with Crippen molar-refractivity contribution >= 4 is 17.9 Å². The number of likely N-dealkylation sites (tertiary alicyclic amines) is 1. The second-order valence-electron chi connectivity index (χ2n) is 5.73. The molecule has 1 fully saturated rings. The number of nitrogens with one attached hydrogen (secondary N) is 2. The van der Waals surface area contributed by atoms with E-state index in [0.717, 1.165) is 0 Å². The first-order chi connectivity index (χ1) is 11.8. The highest BCUT2D eigenvalue weighted by Crippen LogP contribution is 2.26. The summed E-state index contributed by atoms with van der Waals surface area (Å²) in [4.78, 5) is 31.1. The molecule has 1 aromatic rings. The molecule has 0 radical (unpaired) electrons. The predicted molar refractivity (Wildman–Crippen MR) is 82.6 cm³/mol. The number of hydrogen-bond donors (Lipinski definition) is 2. The van der Waals surface area contributed by atoms with Crippen LogP contribution in [0.1, 0.15) is 32.5 Å². The number of H-pyrrole nitrogens is 1. The molecule has 1 atom stereocenters. The Kier molecular flexibility index (Phi) is 5.85. The van der Waals surface area contributed by atoms with Gasteiger partial charge in [-0.3, -0.25) is 15.2 Å². The monoisotopic (exact) mass is 362 g/mol. The second-order valence-corrected chi connectivity index (χ2v) is 5.73. The van der Waals surface area contributed by atoms with Crippen LogP contribution in [0.25, 0.3) is 0 Å². The van der Waals surface area contributed by atoms with Crippen molar-refractivity contribution < 1.29 is 22.8 Å². The smallest absolute Gasteiger partial charge is 0.325 e. The molecule has 2 heterocycles. The summed E-state index contributed by atoms with van der Waals surface area (Å²) in [7, 11) is 0. The van der Waals surface area contributed by atoms with E-state index in [9.17, 15) is 22.8 Å². The highest BCUT2D eigenvalue weighted by atomic mass is 19.4. The lowest BCUT2D eigenvalue weighted by Gasteiger charge is -2.35. The van der Waals surface area contributed by atoms with Crippen molar-refractivity contribution in [2.75, 3.05) is 31.5 Å². The lowest BCUT2D eigenvalue weighted by atomic mass is 9.97. The Hall–Kier alpha value is -2.33. The van der Waals surface area contributed by atoms with Crippen molar-refractivity contribution in [3.63, 3.8) is 0 Å². The number of piperidine rings is 1. The van der Waals surface area contributed by atoms with Gasteiger partial charge in [0.15, 0.2) is 0 Å². The van der Waals surface area contributed by atoms with E-state index in [1.807, 2.05) is 13.8 Å². The topological polar surface area (TPSA) is 94.2 Å². The average molecular weight is 362 g/mol. The van der Waals surface area contributed by atoms with Crippen LogP contribution in [-0.2, 0) is 11.0 Å². The van der Waals surface area contributed by atoms with E-state index in [2.05, 4.69) is 15.4 Å². The third kappa shape index (κ3) is 4.60. The zero-order valence-electron chi connectivity index (χ0n) is 14.1. The molecule has 1 saturated heterocycles. The number of urea groups is 1. The number of nitrogens with zero attached hydrogens (tertiary/aromatic N) is 4. The van der Waals surface area contributed by atoms with Crippen LogP contribution >= 0.6 is 0 Å². The Morgan fingerprint density at radius 3 is 2.60 bits per heavy atom. The summed E-state index contributed by atoms with van der Waals surface area (Å²) >= 11 is 0. The van der Waals surface area contributed by atoms with E-state index in [-0.39, 0.29) is 12.6 Å². The molecule has 0 unspecified atom stereocenters. The van der Waals surface area contributed by atoms with Crippen LogP contribution in [0.15, 0.2) is 0 Å². The third-order valence-corrected chi connectivity index (χ3v) is 4.09. The highest BCUT2D eigenvalue weighted by molar-refractivity contribution is 5.91. The van der Waals surface area contributed by atoms with Gasteiger partial charge in [-0.15, -0.1) is 5.10 Å². The zero-order valence-corrected chi connectivity index (χ0v) is 14.1. The van der Waals surface area contributed by atoms with Crippen molar-refractivity contribution in [2.24, 2.45) is 5.92 Å². The molecule has 25 heavy (non-hydrogen) atoms. The largest absolute Gasteiger partial charge is 0.451 e. The SMILES string of the molecule is CCN(CC)C(=O)N1CCC[C@@H](C(=O)Nc2n[nH]c(C(F)(F)F)n2)C1. The number of carbonyl (C=O) groups is 2. The van der Waals surface area contributed by atoms with E-state index in [4.69, 9.17) is 0 Å². The van der Waals surface area contributed by atoms with Crippen LogP contribution in [0.4, 0.5) is 23.9 Å². The van der Waals surface area contributed by atoms with E-state index in [1.54, 1.807) is 14.9 Å². The molecule has 2 N–H and O–H groups in total. The Labute approximate surface area is 142 Å². The summed E-state index contributed by atoms with van der Waals surface area (Å²) in [5, 5.41) is 7.37. The number of hydrogen-bond acceptors (Lipinski definition) is 4. The summed E-state index contributed by atoms with van der Waals surface area (Å²) in [6, 6.07) is -0.139. The molecule has 1 aliphatic heterocycles. The van der Waals surface area contributed by atoms with Gasteiger partial charge in [0.05, 0.1) is 5.92 Å². The molecular formula is C14H21F3N6O2. The molecule has 0 aromatic carbocycles. The van der Waals surface area contributed by atoms with E-state index in [0.29, 0.717) is 32.5 Å². The van der Waals surface area contributed by atoms with Gasteiger partial charge in [0.25, 0.3) is 0 Å². The second kappa shape index (κ2) is 7.70. The van der Waals surface area contributed by atoms with Crippen LogP contribution < -0.4 is 5.32 Å². The molecule has 11 heteroatoms. The van der Waals surface area contributed by atoms with Gasteiger partial charge >= 0.3 is 12.2 Å². The van der Waals surface area contributed by atoms with Crippen LogP contribution in [0, 0.1) is 5.92 Å². The van der Waals surface area contributed by atoms with Crippen molar-refractivity contribution in [1.82, 2.24) is 25.0 Å². The van der Waals surface area contributed by atoms with Gasteiger partial charge in [0.1, 0.15) is 0 Å². The van der Waals surface area contributed by atoms with E-state index >= 15 is 0 Å². The van der Waals surface area contributed by atoms with Gasteiger partial charge in [-0.1, -0.05) is 0 Å². The Morgan fingerprint density at radius 1 is 1.36 bits per heavy atom. The number of halogens is 3. The molecule has 1 aromatic heterocycles. The lowest BCUT2D eigenvalue weighted by molar-refractivity contribution is -0.144. The maximum absolute atomic E-state index is 12.5. The van der Waals surface area contributed by atoms with Crippen molar-refractivity contribution in [3.8, 4) is 0 Å². The quantitative estimate of drug-likeness (QED) is 0.856. The normalized spacial score (nSPS) is 18.1. The summed E-state index contributed by atoms with van der Waals surface area (Å²) in [5.74, 6) is -2.71. The lowest BCUT2D eigenvalue weighted by Crippen LogP contribution is -2.49. The Bertz CT molecular complexity index is 614. The molecule has 0 saturated carbocycles. The van der Waals surface area contributed by atoms with Crippen molar-refractivity contribution in [1.29, 1.82) is 0 Å². The van der Waals surface area contributed by atoms with Crippen LogP contribution in [-0.4, -0.2) is 63.1 Å². The fourth-order valence-electron chi connectivity index (χ4n) is 2.72. The number of alkyl halides is 3. The van der Waals surface area contributed by atoms with Crippen LogP contribution in [0.5, 0.6) is 0 Å². The average Bonchev–Trinajstić information content (AvgIpc) is 3.05. The summed E-state index contributed by atoms with van der Waals surface area (Å²) in [5.41, 5.74) is 0. The fraction of sp³-hybridized carbons (Fsp3) is 0.714. The fourth-order valence-corrected chi connectivity index (χ4v) is 2.72. The first kappa shape index (κ1) is 19.0. The molecule has 1 aliphatic rings. The summed E-state index contributed by atoms with van der Waals surface area (Å²) in [6.45, 7) is 5.66. The third-order valence-electron chi connectivity index (χ3n) is 4.09. The van der Waals surface area contributed by atoms with Crippen LogP contribution in [0.2, 0.25) is 0 Å². The maximum atomic E-state index is 12.5. The van der Waals surface area contributed by atoms with Crippen molar-refractivity contribution in [3.05, 3.63) is 5.82 Å². The number of carbonyl (C=O) groups excluding carboxylic acids is 2. The molecule has 8 nitrogen and oxygen atoms in total. The summed E-state index contributed by atoms with van der Waals surface area (Å²) < 4.78 is 37.4. The molecule has 0 bridgehead atoms. The number of rotatable bonds is 4. The van der Waals surface area contributed by atoms with Gasteiger partial charge in [-0.05, 0) is 26.7 Å². The van der Waals surface area contributed by atoms with Gasteiger partial charge in [0.2, 0.25) is 17.7 Å². The Morgan fingerprint density at radius 2 is 2.04 bits per heavy atom. The number of aromatic nitrogens is 3. The number of amides is 3. The van der Waals surface area contributed by atoms with E-state index in [1.165, 1.54) is 0 Å². The van der Waals surface area contributed by atoms with Crippen LogP contribution in [0.3, 0.4) is 0 Å². The number of anilines is 1. The maximum Gasteiger partial charge on any atom is 0.451 e. The minimum absolute atomic E-state index is 0.139. The molecular weight excluding hydrogens is 341 g/mol. The molecule has 0 spiro atoms. The minimum atomic E-state index is -4.66. The van der Waals surface area contributed by atoms with Gasteiger partial charge in [0, 0.05) is 26.2 Å². The van der Waals surface area contributed by atoms with E-state index < -0.39 is 29.8 Å². The van der Waals surface area contributed by atoms with Gasteiger partial charge in [-0.2, -0.15) is 18.2 Å². The van der Waals surface area contributed by atoms with Gasteiger partial charge < -0.3 is 9.80 Å². The van der Waals surface area contributed by atoms with Gasteiger partial charge in [-0.25, -0.2) is 4.79 Å². The first-order valence-corrected chi connectivity index (χ1v) is 8.10. The zero-order chi connectivity index (χ0) is 18.6. The molecule has 2 rings (SSSR count). The highest BCUT2D eigenvalue weighted by Gasteiger charge is 2.36. The Balaban J connectivity index is 1.97. The minimum Gasteiger partial charge on any atom is -0.325 e. The first-order valence-electron chi connectivity index (χ1n) is 8.10. The number of aromatic amines is 1.